The average molecular weight is 361 g/mol. The number of amides is 1. The molecule has 4 rings (SSSR count). The van der Waals surface area contributed by atoms with Gasteiger partial charge in [-0.25, -0.2) is 0 Å². The molecule has 5 heteroatoms. The number of rotatable bonds is 7. The van der Waals surface area contributed by atoms with Crippen LogP contribution in [-0.4, -0.2) is 11.1 Å². The van der Waals surface area contributed by atoms with Crippen LogP contribution in [0.15, 0.2) is 65.2 Å². The zero-order valence-corrected chi connectivity index (χ0v) is 15.1. The first-order valence-electron chi connectivity index (χ1n) is 9.36. The van der Waals surface area contributed by atoms with E-state index in [1.165, 1.54) is 5.56 Å². The van der Waals surface area contributed by atoms with Crippen molar-refractivity contribution in [3.63, 3.8) is 0 Å². The average Bonchev–Trinajstić information content (AvgIpc) is 3.44. The van der Waals surface area contributed by atoms with E-state index >= 15 is 0 Å². The number of carbonyl (C=O) groups excluding carboxylic acids is 1. The summed E-state index contributed by atoms with van der Waals surface area (Å²) in [7, 11) is 0. The SMILES string of the molecule is NC(CCc1ccccc1)c1ccc(NC(=O)c2cc(C3CC3)on2)cc1. The van der Waals surface area contributed by atoms with E-state index in [4.69, 9.17) is 10.3 Å². The predicted molar refractivity (Wildman–Crippen MR) is 105 cm³/mol. The molecule has 1 unspecified atom stereocenters. The van der Waals surface area contributed by atoms with Crippen molar-refractivity contribution in [2.24, 2.45) is 5.73 Å². The van der Waals surface area contributed by atoms with Crippen molar-refractivity contribution in [3.8, 4) is 0 Å². The molecule has 0 radical (unpaired) electrons. The highest BCUT2D eigenvalue weighted by atomic mass is 16.5. The van der Waals surface area contributed by atoms with E-state index < -0.39 is 0 Å². The van der Waals surface area contributed by atoms with Crippen molar-refractivity contribution >= 4 is 11.6 Å². The van der Waals surface area contributed by atoms with Gasteiger partial charge in [0.25, 0.3) is 5.91 Å². The maximum absolute atomic E-state index is 12.3. The summed E-state index contributed by atoms with van der Waals surface area (Å²) in [6.45, 7) is 0. The number of anilines is 1. The monoisotopic (exact) mass is 361 g/mol. The third-order valence-electron chi connectivity index (χ3n) is 4.92. The molecule has 1 aliphatic carbocycles. The van der Waals surface area contributed by atoms with Gasteiger partial charge in [-0.3, -0.25) is 4.79 Å². The number of aryl methyl sites for hydroxylation is 1. The Balaban J connectivity index is 1.32. The molecule has 0 spiro atoms. The van der Waals surface area contributed by atoms with Crippen LogP contribution in [-0.2, 0) is 6.42 Å². The first-order chi connectivity index (χ1) is 13.2. The van der Waals surface area contributed by atoms with E-state index in [9.17, 15) is 4.79 Å². The lowest BCUT2D eigenvalue weighted by Crippen LogP contribution is -2.13. The van der Waals surface area contributed by atoms with Crippen molar-refractivity contribution in [3.05, 3.63) is 83.2 Å². The number of hydrogen-bond donors (Lipinski definition) is 2. The van der Waals surface area contributed by atoms with E-state index in [1.807, 2.05) is 42.5 Å². The largest absolute Gasteiger partial charge is 0.360 e. The van der Waals surface area contributed by atoms with Crippen molar-refractivity contribution in [2.75, 3.05) is 5.32 Å². The Kier molecular flexibility index (Phi) is 5.03. The molecule has 3 N–H and O–H groups in total. The summed E-state index contributed by atoms with van der Waals surface area (Å²) < 4.78 is 5.23. The first-order valence-corrected chi connectivity index (χ1v) is 9.36. The molecule has 1 amide bonds. The molecular formula is C22H23N3O2. The number of benzene rings is 2. The van der Waals surface area contributed by atoms with Gasteiger partial charge in [0, 0.05) is 23.7 Å². The molecule has 1 heterocycles. The first kappa shape index (κ1) is 17.5. The third-order valence-corrected chi connectivity index (χ3v) is 4.92. The Hall–Kier alpha value is -2.92. The molecule has 0 aliphatic heterocycles. The Labute approximate surface area is 158 Å². The lowest BCUT2D eigenvalue weighted by atomic mass is 9.99. The highest BCUT2D eigenvalue weighted by Crippen LogP contribution is 2.40. The second-order valence-electron chi connectivity index (χ2n) is 7.10. The van der Waals surface area contributed by atoms with E-state index in [2.05, 4.69) is 22.6 Å². The fraction of sp³-hybridized carbons (Fsp3) is 0.273. The summed E-state index contributed by atoms with van der Waals surface area (Å²) in [4.78, 5) is 12.3. The Bertz CT molecular complexity index is 899. The van der Waals surface area contributed by atoms with Crippen LogP contribution in [0.3, 0.4) is 0 Å². The molecule has 2 aromatic carbocycles. The number of carbonyl (C=O) groups is 1. The number of nitrogens with two attached hydrogens (primary N) is 1. The van der Waals surface area contributed by atoms with Gasteiger partial charge in [-0.05, 0) is 48.9 Å². The van der Waals surface area contributed by atoms with Crippen LogP contribution in [0.5, 0.6) is 0 Å². The molecule has 1 fully saturated rings. The molecule has 1 aromatic heterocycles. The molecule has 1 saturated carbocycles. The lowest BCUT2D eigenvalue weighted by molar-refractivity contribution is 0.101. The molecule has 1 atom stereocenters. The second-order valence-corrected chi connectivity index (χ2v) is 7.10. The molecule has 3 aromatic rings. The molecule has 5 nitrogen and oxygen atoms in total. The van der Waals surface area contributed by atoms with Crippen LogP contribution in [0.2, 0.25) is 0 Å². The van der Waals surface area contributed by atoms with Crippen LogP contribution in [0.4, 0.5) is 5.69 Å². The minimum absolute atomic E-state index is 0.0356. The summed E-state index contributed by atoms with van der Waals surface area (Å²) in [5, 5.41) is 6.72. The van der Waals surface area contributed by atoms with Gasteiger partial charge < -0.3 is 15.6 Å². The lowest BCUT2D eigenvalue weighted by Gasteiger charge is -2.13. The Morgan fingerprint density at radius 1 is 1.15 bits per heavy atom. The summed E-state index contributed by atoms with van der Waals surface area (Å²) >= 11 is 0. The summed E-state index contributed by atoms with van der Waals surface area (Å²) in [6.07, 6.45) is 4.04. The highest BCUT2D eigenvalue weighted by Gasteiger charge is 2.28. The second kappa shape index (κ2) is 7.76. The maximum Gasteiger partial charge on any atom is 0.277 e. The third kappa shape index (κ3) is 4.44. The van der Waals surface area contributed by atoms with Crippen molar-refractivity contribution in [2.45, 2.75) is 37.6 Å². The van der Waals surface area contributed by atoms with Crippen LogP contribution < -0.4 is 11.1 Å². The summed E-state index contributed by atoms with van der Waals surface area (Å²) in [5.74, 6) is 0.988. The molecule has 0 saturated heterocycles. The highest BCUT2D eigenvalue weighted by molar-refractivity contribution is 6.02. The van der Waals surface area contributed by atoms with E-state index in [-0.39, 0.29) is 11.9 Å². The Morgan fingerprint density at radius 2 is 1.89 bits per heavy atom. The standard InChI is InChI=1S/C22H23N3O2/c23-19(13-6-15-4-2-1-3-5-15)16-9-11-18(12-10-16)24-22(26)20-14-21(27-25-20)17-7-8-17/h1-5,9-12,14,17,19H,6-8,13,23H2,(H,24,26). The van der Waals surface area contributed by atoms with Gasteiger partial charge >= 0.3 is 0 Å². The van der Waals surface area contributed by atoms with Crippen LogP contribution in [0.1, 0.15) is 58.6 Å². The summed E-state index contributed by atoms with van der Waals surface area (Å²) in [5.41, 5.74) is 9.69. The van der Waals surface area contributed by atoms with E-state index in [0.29, 0.717) is 11.6 Å². The number of nitrogens with one attached hydrogen (secondary N) is 1. The minimum Gasteiger partial charge on any atom is -0.360 e. The Morgan fingerprint density at radius 3 is 2.59 bits per heavy atom. The van der Waals surface area contributed by atoms with E-state index in [0.717, 1.165) is 42.7 Å². The van der Waals surface area contributed by atoms with Gasteiger partial charge in [0.15, 0.2) is 5.69 Å². The van der Waals surface area contributed by atoms with Crippen molar-refractivity contribution < 1.29 is 9.32 Å². The number of hydrogen-bond acceptors (Lipinski definition) is 4. The van der Waals surface area contributed by atoms with Crippen LogP contribution in [0.25, 0.3) is 0 Å². The molecule has 0 bridgehead atoms. The molecule has 27 heavy (non-hydrogen) atoms. The maximum atomic E-state index is 12.3. The van der Waals surface area contributed by atoms with Crippen molar-refractivity contribution in [1.82, 2.24) is 5.16 Å². The van der Waals surface area contributed by atoms with Gasteiger partial charge in [0.1, 0.15) is 5.76 Å². The van der Waals surface area contributed by atoms with Gasteiger partial charge in [-0.15, -0.1) is 0 Å². The smallest absolute Gasteiger partial charge is 0.277 e. The quantitative estimate of drug-likeness (QED) is 0.652. The topological polar surface area (TPSA) is 81.1 Å². The fourth-order valence-corrected chi connectivity index (χ4v) is 3.10. The van der Waals surface area contributed by atoms with E-state index in [1.54, 1.807) is 6.07 Å². The van der Waals surface area contributed by atoms with Crippen molar-refractivity contribution in [1.29, 1.82) is 0 Å². The minimum atomic E-state index is -0.258. The van der Waals surface area contributed by atoms with Crippen LogP contribution >= 0.6 is 0 Å². The predicted octanol–water partition coefficient (Wildman–Crippen LogP) is 4.44. The van der Waals surface area contributed by atoms with Gasteiger partial charge in [-0.2, -0.15) is 0 Å². The zero-order chi connectivity index (χ0) is 18.6. The molecule has 1 aliphatic rings. The van der Waals surface area contributed by atoms with Gasteiger partial charge in [0.2, 0.25) is 0 Å². The molecular weight excluding hydrogens is 338 g/mol. The number of nitrogens with zero attached hydrogens (tertiary/aromatic N) is 1. The van der Waals surface area contributed by atoms with Crippen LogP contribution in [0, 0.1) is 0 Å². The zero-order valence-electron chi connectivity index (χ0n) is 15.1. The van der Waals surface area contributed by atoms with Gasteiger partial charge in [0.05, 0.1) is 0 Å². The normalized spacial score (nSPS) is 14.7. The molecule has 138 valence electrons. The fourth-order valence-electron chi connectivity index (χ4n) is 3.10. The summed E-state index contributed by atoms with van der Waals surface area (Å²) in [6, 6.07) is 19.7. The number of aromatic nitrogens is 1. The van der Waals surface area contributed by atoms with Gasteiger partial charge in [-0.1, -0.05) is 47.6 Å².